The second-order valence-electron chi connectivity index (χ2n) is 4.23. The van der Waals surface area contributed by atoms with E-state index in [1.165, 1.54) is 12.8 Å². The first-order chi connectivity index (χ1) is 8.70. The highest BCUT2D eigenvalue weighted by atomic mass is 16.5. The van der Waals surface area contributed by atoms with Gasteiger partial charge in [0.2, 0.25) is 0 Å². The maximum absolute atomic E-state index is 11.7. The number of nitrogens with zero attached hydrogens (tertiary/aromatic N) is 2. The van der Waals surface area contributed by atoms with Crippen LogP contribution in [0.1, 0.15) is 49.2 Å². The first-order valence-corrected chi connectivity index (χ1v) is 6.59. The fraction of sp³-hybridized carbons (Fsp3) is 0.692. The van der Waals surface area contributed by atoms with Gasteiger partial charge in [-0.1, -0.05) is 19.8 Å². The van der Waals surface area contributed by atoms with Gasteiger partial charge in [0.1, 0.15) is 5.56 Å². The Labute approximate surface area is 109 Å². The predicted molar refractivity (Wildman–Crippen MR) is 70.4 cm³/mol. The molecule has 0 spiro atoms. The molecule has 0 saturated carbocycles. The molecule has 0 bridgehead atoms. The van der Waals surface area contributed by atoms with Gasteiger partial charge in [-0.15, -0.1) is 0 Å². The van der Waals surface area contributed by atoms with Gasteiger partial charge < -0.3 is 10.1 Å². The Bertz CT molecular complexity index is 374. The Balaban J connectivity index is 2.53. The van der Waals surface area contributed by atoms with Crippen molar-refractivity contribution in [2.45, 2.75) is 39.7 Å². The van der Waals surface area contributed by atoms with E-state index in [0.29, 0.717) is 18.7 Å². The minimum Gasteiger partial charge on any atom is -0.462 e. The monoisotopic (exact) mass is 253 g/mol. The van der Waals surface area contributed by atoms with E-state index in [-0.39, 0.29) is 5.97 Å². The standard InChI is InChI=1S/C13H23N3O2/c1-4-6-7-8-14-10-12-11(9-15-16(12)3)13(17)18-5-2/h9,14H,4-8,10H2,1-3H3. The van der Waals surface area contributed by atoms with Gasteiger partial charge >= 0.3 is 5.97 Å². The highest BCUT2D eigenvalue weighted by molar-refractivity contribution is 5.90. The van der Waals surface area contributed by atoms with Gasteiger partial charge in [-0.25, -0.2) is 4.79 Å². The Morgan fingerprint density at radius 3 is 2.89 bits per heavy atom. The molecule has 0 aliphatic carbocycles. The SMILES string of the molecule is CCCCCNCc1c(C(=O)OCC)cnn1C. The minimum atomic E-state index is -0.295. The normalized spacial score (nSPS) is 10.6. The van der Waals surface area contributed by atoms with E-state index in [1.807, 2.05) is 7.05 Å². The van der Waals surface area contributed by atoms with Crippen LogP contribution < -0.4 is 5.32 Å². The van der Waals surface area contributed by atoms with Crippen LogP contribution in [-0.4, -0.2) is 28.9 Å². The zero-order valence-corrected chi connectivity index (χ0v) is 11.5. The van der Waals surface area contributed by atoms with Crippen LogP contribution in [0, 0.1) is 0 Å². The lowest BCUT2D eigenvalue weighted by atomic mass is 10.2. The third kappa shape index (κ3) is 4.14. The summed E-state index contributed by atoms with van der Waals surface area (Å²) in [5.41, 5.74) is 1.44. The molecule has 0 saturated heterocycles. The highest BCUT2D eigenvalue weighted by Gasteiger charge is 2.16. The van der Waals surface area contributed by atoms with Crippen LogP contribution in [0.25, 0.3) is 0 Å². The summed E-state index contributed by atoms with van der Waals surface area (Å²) in [4.78, 5) is 11.7. The van der Waals surface area contributed by atoms with Crippen LogP contribution in [0.4, 0.5) is 0 Å². The molecule has 0 radical (unpaired) electrons. The smallest absolute Gasteiger partial charge is 0.341 e. The third-order valence-electron chi connectivity index (χ3n) is 2.81. The number of hydrogen-bond donors (Lipinski definition) is 1. The summed E-state index contributed by atoms with van der Waals surface area (Å²) in [6.07, 6.45) is 5.16. The van der Waals surface area contributed by atoms with Crippen molar-refractivity contribution in [1.29, 1.82) is 0 Å². The summed E-state index contributed by atoms with van der Waals surface area (Å²) in [7, 11) is 1.84. The van der Waals surface area contributed by atoms with Crippen LogP contribution in [0.2, 0.25) is 0 Å². The van der Waals surface area contributed by atoms with Crippen molar-refractivity contribution in [2.24, 2.45) is 7.05 Å². The average molecular weight is 253 g/mol. The molecule has 18 heavy (non-hydrogen) atoms. The van der Waals surface area contributed by atoms with E-state index in [0.717, 1.165) is 18.7 Å². The van der Waals surface area contributed by atoms with Gasteiger partial charge in [0, 0.05) is 13.6 Å². The number of carbonyl (C=O) groups excluding carboxylic acids is 1. The molecule has 0 fully saturated rings. The van der Waals surface area contributed by atoms with Crippen LogP contribution in [-0.2, 0) is 18.3 Å². The van der Waals surface area contributed by atoms with Crippen molar-refractivity contribution in [3.05, 3.63) is 17.5 Å². The second kappa shape index (κ2) is 7.87. The number of unbranched alkanes of at least 4 members (excludes halogenated alkanes) is 2. The quantitative estimate of drug-likeness (QED) is 0.567. The summed E-state index contributed by atoms with van der Waals surface area (Å²) in [5, 5.41) is 7.44. The molecule has 1 heterocycles. The largest absolute Gasteiger partial charge is 0.462 e. The molecule has 0 atom stereocenters. The lowest BCUT2D eigenvalue weighted by molar-refractivity contribution is 0.0524. The number of hydrogen-bond acceptors (Lipinski definition) is 4. The van der Waals surface area contributed by atoms with E-state index < -0.39 is 0 Å². The van der Waals surface area contributed by atoms with Crippen molar-refractivity contribution in [2.75, 3.05) is 13.2 Å². The minimum absolute atomic E-state index is 0.295. The number of carbonyl (C=O) groups is 1. The molecule has 5 heteroatoms. The van der Waals surface area contributed by atoms with Crippen molar-refractivity contribution in [1.82, 2.24) is 15.1 Å². The van der Waals surface area contributed by atoms with Gasteiger partial charge in [-0.05, 0) is 19.9 Å². The lowest BCUT2D eigenvalue weighted by Crippen LogP contribution is -2.19. The van der Waals surface area contributed by atoms with Gasteiger partial charge in [0.05, 0.1) is 18.5 Å². The fourth-order valence-electron chi connectivity index (χ4n) is 1.76. The number of esters is 1. The topological polar surface area (TPSA) is 56.1 Å². The molecule has 1 N–H and O–H groups in total. The van der Waals surface area contributed by atoms with Crippen LogP contribution >= 0.6 is 0 Å². The van der Waals surface area contributed by atoms with E-state index in [2.05, 4.69) is 17.3 Å². The molecular formula is C13H23N3O2. The molecule has 0 amide bonds. The number of aromatic nitrogens is 2. The number of aryl methyl sites for hydroxylation is 1. The first-order valence-electron chi connectivity index (χ1n) is 6.59. The molecule has 1 aromatic heterocycles. The molecule has 0 aliphatic rings. The molecule has 5 nitrogen and oxygen atoms in total. The summed E-state index contributed by atoms with van der Waals surface area (Å²) in [6.45, 7) is 5.98. The lowest BCUT2D eigenvalue weighted by Gasteiger charge is -2.07. The van der Waals surface area contributed by atoms with E-state index >= 15 is 0 Å². The molecule has 1 aromatic rings. The van der Waals surface area contributed by atoms with Crippen LogP contribution in [0.15, 0.2) is 6.20 Å². The predicted octanol–water partition coefficient (Wildman–Crippen LogP) is 1.88. The van der Waals surface area contributed by atoms with E-state index in [4.69, 9.17) is 4.74 Å². The van der Waals surface area contributed by atoms with Gasteiger partial charge in [-0.2, -0.15) is 5.10 Å². The third-order valence-corrected chi connectivity index (χ3v) is 2.81. The van der Waals surface area contributed by atoms with E-state index in [9.17, 15) is 4.79 Å². The number of ether oxygens (including phenoxy) is 1. The second-order valence-corrected chi connectivity index (χ2v) is 4.23. The van der Waals surface area contributed by atoms with Crippen molar-refractivity contribution >= 4 is 5.97 Å². The van der Waals surface area contributed by atoms with E-state index in [1.54, 1.807) is 17.8 Å². The average Bonchev–Trinajstić information content (AvgIpc) is 2.71. The highest BCUT2D eigenvalue weighted by Crippen LogP contribution is 2.09. The summed E-state index contributed by atoms with van der Waals surface area (Å²) in [5.74, 6) is -0.295. The molecular weight excluding hydrogens is 230 g/mol. The Morgan fingerprint density at radius 2 is 2.22 bits per heavy atom. The fourth-order valence-corrected chi connectivity index (χ4v) is 1.76. The molecule has 0 aromatic carbocycles. The molecule has 0 aliphatic heterocycles. The summed E-state index contributed by atoms with van der Waals surface area (Å²) < 4.78 is 6.73. The van der Waals surface area contributed by atoms with Gasteiger partial charge in [-0.3, -0.25) is 4.68 Å². The maximum Gasteiger partial charge on any atom is 0.341 e. The van der Waals surface area contributed by atoms with Gasteiger partial charge in [0.25, 0.3) is 0 Å². The van der Waals surface area contributed by atoms with Crippen molar-refractivity contribution < 1.29 is 9.53 Å². The van der Waals surface area contributed by atoms with Crippen LogP contribution in [0.3, 0.4) is 0 Å². The summed E-state index contributed by atoms with van der Waals surface area (Å²) in [6, 6.07) is 0. The first kappa shape index (κ1) is 14.7. The zero-order valence-electron chi connectivity index (χ0n) is 11.5. The Hall–Kier alpha value is -1.36. The number of rotatable bonds is 8. The maximum atomic E-state index is 11.7. The van der Waals surface area contributed by atoms with Crippen molar-refractivity contribution in [3.63, 3.8) is 0 Å². The number of nitrogens with one attached hydrogen (secondary N) is 1. The zero-order chi connectivity index (χ0) is 13.4. The Kier molecular flexibility index (Phi) is 6.43. The van der Waals surface area contributed by atoms with Crippen molar-refractivity contribution in [3.8, 4) is 0 Å². The van der Waals surface area contributed by atoms with Gasteiger partial charge in [0.15, 0.2) is 0 Å². The molecule has 0 unspecified atom stereocenters. The Morgan fingerprint density at radius 1 is 1.44 bits per heavy atom. The molecule has 102 valence electrons. The summed E-state index contributed by atoms with van der Waals surface area (Å²) >= 11 is 0. The molecule has 1 rings (SSSR count). The van der Waals surface area contributed by atoms with Crippen LogP contribution in [0.5, 0.6) is 0 Å².